The van der Waals surface area contributed by atoms with Gasteiger partial charge < -0.3 is 10.0 Å². The summed E-state index contributed by atoms with van der Waals surface area (Å²) in [5.74, 6) is 0. The van der Waals surface area contributed by atoms with Gasteiger partial charge in [-0.25, -0.2) is 0 Å². The molecule has 29 heavy (non-hydrogen) atoms. The number of hydrogen-bond acceptors (Lipinski definition) is 2. The summed E-state index contributed by atoms with van der Waals surface area (Å²) in [6, 6.07) is 3.46. The highest BCUT2D eigenvalue weighted by Gasteiger charge is 2.16. The summed E-state index contributed by atoms with van der Waals surface area (Å²) >= 11 is 18.3. The van der Waals surface area contributed by atoms with E-state index in [1.807, 2.05) is 0 Å². The van der Waals surface area contributed by atoms with E-state index in [2.05, 4.69) is 18.7 Å². The van der Waals surface area contributed by atoms with Crippen molar-refractivity contribution in [2.75, 3.05) is 19.6 Å². The van der Waals surface area contributed by atoms with E-state index in [1.54, 1.807) is 12.1 Å². The highest BCUT2D eigenvalue weighted by Crippen LogP contribution is 2.33. The summed E-state index contributed by atoms with van der Waals surface area (Å²) in [6.07, 6.45) is 14.8. The lowest BCUT2D eigenvalue weighted by molar-refractivity contribution is 0.110. The Hall–Kier alpha value is 0.01000. The lowest BCUT2D eigenvalue weighted by atomic mass is 10.1. The van der Waals surface area contributed by atoms with E-state index in [9.17, 15) is 5.11 Å². The van der Waals surface area contributed by atoms with Crippen LogP contribution in [0, 0.1) is 0 Å². The molecular formula is C24H40Cl3NO. The van der Waals surface area contributed by atoms with E-state index >= 15 is 0 Å². The minimum atomic E-state index is -0.609. The van der Waals surface area contributed by atoms with Crippen molar-refractivity contribution >= 4 is 34.8 Å². The molecule has 0 aliphatic heterocycles. The quantitative estimate of drug-likeness (QED) is 0.184. The Labute approximate surface area is 193 Å². The molecule has 0 unspecified atom stereocenters. The summed E-state index contributed by atoms with van der Waals surface area (Å²) in [7, 11) is 0. The van der Waals surface area contributed by atoms with E-state index in [0.29, 0.717) is 21.6 Å². The molecule has 0 fully saturated rings. The van der Waals surface area contributed by atoms with Gasteiger partial charge in [0.05, 0.1) is 21.2 Å². The highest BCUT2D eigenvalue weighted by molar-refractivity contribution is 6.48. The summed E-state index contributed by atoms with van der Waals surface area (Å²) in [6.45, 7) is 7.18. The Morgan fingerprint density at radius 3 is 1.59 bits per heavy atom. The first-order valence-electron chi connectivity index (χ1n) is 11.5. The monoisotopic (exact) mass is 463 g/mol. The zero-order valence-electron chi connectivity index (χ0n) is 18.4. The lowest BCUT2D eigenvalue weighted by Gasteiger charge is -2.25. The molecule has 0 saturated heterocycles. The number of halogens is 3. The molecule has 1 N–H and O–H groups in total. The Morgan fingerprint density at radius 1 is 0.724 bits per heavy atom. The molecule has 0 amide bonds. The third-order valence-corrected chi connectivity index (χ3v) is 6.67. The number of unbranched alkanes of at least 4 members (excludes halogenated alkanes) is 10. The average molecular weight is 465 g/mol. The summed E-state index contributed by atoms with van der Waals surface area (Å²) in [4.78, 5) is 2.40. The van der Waals surface area contributed by atoms with Crippen LogP contribution in [-0.4, -0.2) is 29.6 Å². The fourth-order valence-corrected chi connectivity index (χ4v) is 4.26. The van der Waals surface area contributed by atoms with E-state index < -0.39 is 6.10 Å². The minimum Gasteiger partial charge on any atom is -0.387 e. The number of benzene rings is 1. The van der Waals surface area contributed by atoms with Gasteiger partial charge in [-0.1, -0.05) is 113 Å². The highest BCUT2D eigenvalue weighted by atomic mass is 35.5. The second-order valence-corrected chi connectivity index (χ2v) is 9.34. The van der Waals surface area contributed by atoms with E-state index in [1.165, 1.54) is 77.0 Å². The van der Waals surface area contributed by atoms with E-state index in [4.69, 9.17) is 34.8 Å². The van der Waals surface area contributed by atoms with Gasteiger partial charge in [-0.15, -0.1) is 0 Å². The van der Waals surface area contributed by atoms with Gasteiger partial charge in [-0.05, 0) is 43.6 Å². The average Bonchev–Trinajstić information content (AvgIpc) is 2.70. The van der Waals surface area contributed by atoms with Gasteiger partial charge in [0.1, 0.15) is 0 Å². The maximum absolute atomic E-state index is 10.8. The van der Waals surface area contributed by atoms with E-state index in [-0.39, 0.29) is 0 Å². The molecule has 1 atom stereocenters. The van der Waals surface area contributed by atoms with Crippen LogP contribution in [-0.2, 0) is 0 Å². The van der Waals surface area contributed by atoms with Crippen LogP contribution in [0.15, 0.2) is 12.1 Å². The standard InChI is InChI=1S/C24H40Cl3NO/c1-3-5-7-9-11-13-15-28(16-14-12-10-8-6-4-2)19-23(29)20-17-21(25)24(27)22(26)18-20/h17-18,23,29H,3-16,19H2,1-2H3/t23-/m0/s1. The van der Waals surface area contributed by atoms with Gasteiger partial charge in [0.25, 0.3) is 0 Å². The van der Waals surface area contributed by atoms with Crippen LogP contribution >= 0.6 is 34.8 Å². The fourth-order valence-electron chi connectivity index (χ4n) is 3.64. The van der Waals surface area contributed by atoms with Crippen molar-refractivity contribution in [1.29, 1.82) is 0 Å². The third-order valence-electron chi connectivity index (χ3n) is 5.48. The van der Waals surface area contributed by atoms with Crippen molar-refractivity contribution in [2.45, 2.75) is 97.0 Å². The maximum Gasteiger partial charge on any atom is 0.0917 e. The zero-order valence-corrected chi connectivity index (χ0v) is 20.6. The number of hydrogen-bond donors (Lipinski definition) is 1. The predicted molar refractivity (Wildman–Crippen MR) is 130 cm³/mol. The van der Waals surface area contributed by atoms with Crippen molar-refractivity contribution in [3.8, 4) is 0 Å². The molecule has 0 spiro atoms. The van der Waals surface area contributed by atoms with Crippen molar-refractivity contribution in [3.05, 3.63) is 32.8 Å². The SMILES string of the molecule is CCCCCCCCN(CCCCCCCC)C[C@H](O)c1cc(Cl)c(Cl)c(Cl)c1. The molecular weight excluding hydrogens is 425 g/mol. The molecule has 1 rings (SSSR count). The molecule has 0 radical (unpaired) electrons. The fraction of sp³-hybridized carbons (Fsp3) is 0.750. The third kappa shape index (κ3) is 11.8. The summed E-state index contributed by atoms with van der Waals surface area (Å²) in [5, 5.41) is 11.9. The molecule has 1 aromatic rings. The van der Waals surface area contributed by atoms with Crippen LogP contribution in [0.5, 0.6) is 0 Å². The van der Waals surface area contributed by atoms with Gasteiger partial charge >= 0.3 is 0 Å². The van der Waals surface area contributed by atoms with Crippen LogP contribution in [0.25, 0.3) is 0 Å². The Morgan fingerprint density at radius 2 is 1.14 bits per heavy atom. The van der Waals surface area contributed by atoms with Gasteiger partial charge in [0.2, 0.25) is 0 Å². The molecule has 1 aromatic carbocycles. The van der Waals surface area contributed by atoms with Crippen LogP contribution in [0.1, 0.15) is 103 Å². The van der Waals surface area contributed by atoms with Crippen LogP contribution in [0.2, 0.25) is 15.1 Å². The number of nitrogens with zero attached hydrogens (tertiary/aromatic N) is 1. The Balaban J connectivity index is 2.54. The van der Waals surface area contributed by atoms with Gasteiger partial charge in [-0.3, -0.25) is 0 Å². The van der Waals surface area contributed by atoms with Crippen LogP contribution in [0.3, 0.4) is 0 Å². The topological polar surface area (TPSA) is 23.5 Å². The number of aliphatic hydroxyl groups excluding tert-OH is 1. The molecule has 0 bridgehead atoms. The molecule has 2 nitrogen and oxygen atoms in total. The van der Waals surface area contributed by atoms with Crippen molar-refractivity contribution in [1.82, 2.24) is 4.90 Å². The zero-order chi connectivity index (χ0) is 21.5. The Kier molecular flexibility index (Phi) is 15.5. The molecule has 0 aliphatic carbocycles. The first-order chi connectivity index (χ1) is 14.0. The smallest absolute Gasteiger partial charge is 0.0917 e. The predicted octanol–water partition coefficient (Wildman–Crippen LogP) is 8.70. The van der Waals surface area contributed by atoms with Crippen molar-refractivity contribution in [2.24, 2.45) is 0 Å². The molecule has 0 aromatic heterocycles. The molecule has 5 heteroatoms. The molecule has 0 saturated carbocycles. The molecule has 0 heterocycles. The van der Waals surface area contributed by atoms with Crippen molar-refractivity contribution in [3.63, 3.8) is 0 Å². The minimum absolute atomic E-state index is 0.347. The Bertz CT molecular complexity index is 514. The van der Waals surface area contributed by atoms with Crippen molar-refractivity contribution < 1.29 is 5.11 Å². The van der Waals surface area contributed by atoms with Gasteiger partial charge in [0, 0.05) is 6.54 Å². The summed E-state index contributed by atoms with van der Waals surface area (Å²) in [5.41, 5.74) is 0.736. The molecule has 0 aliphatic rings. The van der Waals surface area contributed by atoms with Crippen LogP contribution in [0.4, 0.5) is 0 Å². The van der Waals surface area contributed by atoms with E-state index in [0.717, 1.165) is 18.7 Å². The van der Waals surface area contributed by atoms with Gasteiger partial charge in [-0.2, -0.15) is 0 Å². The first kappa shape index (κ1) is 27.0. The van der Waals surface area contributed by atoms with Gasteiger partial charge in [0.15, 0.2) is 0 Å². The second kappa shape index (κ2) is 16.7. The maximum atomic E-state index is 10.8. The van der Waals surface area contributed by atoms with Crippen LogP contribution < -0.4 is 0 Å². The number of rotatable bonds is 17. The normalized spacial score (nSPS) is 12.7. The summed E-state index contributed by atoms with van der Waals surface area (Å²) < 4.78 is 0. The lowest BCUT2D eigenvalue weighted by Crippen LogP contribution is -2.31. The second-order valence-electron chi connectivity index (χ2n) is 8.15. The molecule has 168 valence electrons. The first-order valence-corrected chi connectivity index (χ1v) is 12.7. The number of aliphatic hydroxyl groups is 1. The largest absolute Gasteiger partial charge is 0.387 e.